The van der Waals surface area contributed by atoms with Gasteiger partial charge in [-0.15, -0.1) is 0 Å². The Bertz CT molecular complexity index is 1720. The van der Waals surface area contributed by atoms with Crippen molar-refractivity contribution in [2.24, 2.45) is 0 Å². The van der Waals surface area contributed by atoms with E-state index in [9.17, 15) is 14.4 Å². The molecule has 1 aromatic heterocycles. The standard InChI is InChI=1S/C35H38Cl4N4O5/c1-2-3-4-5-6-7-8-9-10-14-19-47-34(45)23-17-18-26(37)29(20-23)41-32-31(48-35(46)40-25-15-12-11-13-16-25)33(44)43(42-32)30-27(38)21-24(36)22-28(30)39/h11-13,15-18,20-22,41-42H,2-10,14,19H2,1H3,(H,40,46). The van der Waals surface area contributed by atoms with Crippen LogP contribution in [0.3, 0.4) is 0 Å². The highest BCUT2D eigenvalue weighted by Gasteiger charge is 2.24. The number of hydrogen-bond acceptors (Lipinski definition) is 6. The fraction of sp³-hybridized carbons (Fsp3) is 0.343. The lowest BCUT2D eigenvalue weighted by Gasteiger charge is -2.11. The molecule has 0 saturated heterocycles. The molecule has 0 unspecified atom stereocenters. The summed E-state index contributed by atoms with van der Waals surface area (Å²) in [6, 6.07) is 15.9. The Morgan fingerprint density at radius 3 is 2.06 bits per heavy atom. The number of unbranched alkanes of at least 4 members (excludes halogenated alkanes) is 9. The Morgan fingerprint density at radius 2 is 1.42 bits per heavy atom. The molecule has 0 spiro atoms. The lowest BCUT2D eigenvalue weighted by Crippen LogP contribution is -2.22. The van der Waals surface area contributed by atoms with Crippen LogP contribution in [-0.4, -0.2) is 28.4 Å². The highest BCUT2D eigenvalue weighted by Crippen LogP contribution is 2.34. The molecule has 48 heavy (non-hydrogen) atoms. The van der Waals surface area contributed by atoms with Gasteiger partial charge in [0, 0.05) is 10.7 Å². The summed E-state index contributed by atoms with van der Waals surface area (Å²) in [6.07, 6.45) is 10.8. The van der Waals surface area contributed by atoms with Crippen molar-refractivity contribution in [3.63, 3.8) is 0 Å². The third kappa shape index (κ3) is 10.7. The number of nitrogens with zero attached hydrogens (tertiary/aromatic N) is 1. The summed E-state index contributed by atoms with van der Waals surface area (Å²) < 4.78 is 12.0. The molecule has 0 aliphatic rings. The molecule has 0 fully saturated rings. The first-order valence-electron chi connectivity index (χ1n) is 16.0. The molecule has 0 aliphatic heterocycles. The lowest BCUT2D eigenvalue weighted by molar-refractivity contribution is 0.0497. The summed E-state index contributed by atoms with van der Waals surface area (Å²) in [5.74, 6) is -1.01. The maximum atomic E-state index is 13.6. The molecular weight excluding hydrogens is 698 g/mol. The maximum absolute atomic E-state index is 13.6. The van der Waals surface area contributed by atoms with Gasteiger partial charge in [-0.3, -0.25) is 15.2 Å². The first-order chi connectivity index (χ1) is 23.2. The Balaban J connectivity index is 1.47. The van der Waals surface area contributed by atoms with Crippen molar-refractivity contribution in [2.45, 2.75) is 71.1 Å². The number of esters is 1. The first-order valence-corrected chi connectivity index (χ1v) is 17.5. The number of carbonyl (C=O) groups excluding carboxylic acids is 2. The van der Waals surface area contributed by atoms with Gasteiger partial charge >= 0.3 is 17.6 Å². The SMILES string of the molecule is CCCCCCCCCCCCOC(=O)c1ccc(Cl)c(Nc2[nH]n(-c3c(Cl)cc(Cl)cc3Cl)c(=O)c2OC(=O)Nc2ccccc2)c1. The van der Waals surface area contributed by atoms with Crippen molar-refractivity contribution in [3.05, 3.63) is 96.7 Å². The molecular formula is C35H38Cl4N4O5. The number of rotatable bonds is 17. The molecule has 256 valence electrons. The van der Waals surface area contributed by atoms with E-state index in [0.29, 0.717) is 12.3 Å². The lowest BCUT2D eigenvalue weighted by atomic mass is 10.1. The molecule has 0 saturated carbocycles. The van der Waals surface area contributed by atoms with Crippen molar-refractivity contribution in [1.29, 1.82) is 0 Å². The normalized spacial score (nSPS) is 10.9. The van der Waals surface area contributed by atoms with E-state index < -0.39 is 23.4 Å². The predicted molar refractivity (Wildman–Crippen MR) is 194 cm³/mol. The van der Waals surface area contributed by atoms with Crippen LogP contribution in [-0.2, 0) is 4.74 Å². The largest absolute Gasteiger partial charge is 0.462 e. The maximum Gasteiger partial charge on any atom is 0.417 e. The molecule has 3 N–H and O–H groups in total. The third-order valence-electron chi connectivity index (χ3n) is 7.46. The average Bonchev–Trinajstić information content (AvgIpc) is 3.34. The summed E-state index contributed by atoms with van der Waals surface area (Å²) in [6.45, 7) is 2.52. The van der Waals surface area contributed by atoms with Gasteiger partial charge in [-0.1, -0.05) is 129 Å². The van der Waals surface area contributed by atoms with Crippen molar-refractivity contribution in [3.8, 4) is 11.4 Å². The van der Waals surface area contributed by atoms with Gasteiger partial charge in [0.15, 0.2) is 5.82 Å². The number of benzene rings is 3. The summed E-state index contributed by atoms with van der Waals surface area (Å²) in [5, 5.41) is 8.97. The van der Waals surface area contributed by atoms with Crippen molar-refractivity contribution in [2.75, 3.05) is 17.2 Å². The Labute approximate surface area is 299 Å². The highest BCUT2D eigenvalue weighted by atomic mass is 35.5. The molecule has 3 aromatic carbocycles. The van der Waals surface area contributed by atoms with Gasteiger partial charge in [-0.25, -0.2) is 14.3 Å². The molecule has 9 nitrogen and oxygen atoms in total. The number of aromatic nitrogens is 2. The van der Waals surface area contributed by atoms with Gasteiger partial charge in [0.05, 0.1) is 32.9 Å². The fourth-order valence-electron chi connectivity index (χ4n) is 4.98. The zero-order valence-electron chi connectivity index (χ0n) is 26.6. The van der Waals surface area contributed by atoms with E-state index in [1.807, 2.05) is 0 Å². The molecule has 1 heterocycles. The molecule has 13 heteroatoms. The van der Waals surface area contributed by atoms with Crippen molar-refractivity contribution < 1.29 is 19.1 Å². The van der Waals surface area contributed by atoms with Crippen LogP contribution >= 0.6 is 46.4 Å². The van der Waals surface area contributed by atoms with Gasteiger partial charge in [-0.2, -0.15) is 0 Å². The summed E-state index contributed by atoms with van der Waals surface area (Å²) in [4.78, 5) is 39.4. The molecule has 0 atom stereocenters. The Hall–Kier alpha value is -3.63. The van der Waals surface area contributed by atoms with Gasteiger partial charge in [0.25, 0.3) is 0 Å². The minimum atomic E-state index is -0.934. The Kier molecular flexibility index (Phi) is 14.6. The minimum absolute atomic E-state index is 0.0628. The van der Waals surface area contributed by atoms with Crippen LogP contribution in [0.5, 0.6) is 5.75 Å². The topological polar surface area (TPSA) is 114 Å². The van der Waals surface area contributed by atoms with Crippen LogP contribution in [0, 0.1) is 0 Å². The molecule has 1 amide bonds. The zero-order valence-corrected chi connectivity index (χ0v) is 29.6. The van der Waals surface area contributed by atoms with Crippen LogP contribution in [0.2, 0.25) is 20.1 Å². The summed E-state index contributed by atoms with van der Waals surface area (Å²) >= 11 is 25.4. The number of aromatic amines is 1. The number of hydrogen-bond donors (Lipinski definition) is 3. The van der Waals surface area contributed by atoms with Crippen molar-refractivity contribution in [1.82, 2.24) is 9.78 Å². The first kappa shape index (κ1) is 37.2. The van der Waals surface area contributed by atoms with Crippen LogP contribution in [0.25, 0.3) is 5.69 Å². The predicted octanol–water partition coefficient (Wildman–Crippen LogP) is 11.2. The number of amides is 1. The van der Waals surface area contributed by atoms with E-state index in [0.717, 1.165) is 23.9 Å². The third-order valence-corrected chi connectivity index (χ3v) is 8.59. The van der Waals surface area contributed by atoms with E-state index in [2.05, 4.69) is 22.7 Å². The molecule has 0 aliphatic carbocycles. The summed E-state index contributed by atoms with van der Waals surface area (Å²) in [7, 11) is 0. The second kappa shape index (κ2) is 18.8. The van der Waals surface area contributed by atoms with Gasteiger partial charge in [0.1, 0.15) is 5.69 Å². The highest BCUT2D eigenvalue weighted by molar-refractivity contribution is 6.40. The molecule has 4 rings (SSSR count). The molecule has 0 radical (unpaired) electrons. The number of halogens is 4. The number of anilines is 3. The van der Waals surface area contributed by atoms with E-state index in [1.54, 1.807) is 36.4 Å². The fourth-order valence-corrected chi connectivity index (χ4v) is 6.14. The number of nitrogens with one attached hydrogen (secondary N) is 3. The second-order valence-corrected chi connectivity index (χ2v) is 12.9. The second-order valence-electron chi connectivity index (χ2n) is 11.2. The van der Waals surface area contributed by atoms with Crippen LogP contribution in [0.4, 0.5) is 22.0 Å². The monoisotopic (exact) mass is 734 g/mol. The van der Waals surface area contributed by atoms with Crippen LogP contribution in [0.1, 0.15) is 81.5 Å². The molecule has 0 bridgehead atoms. The van der Waals surface area contributed by atoms with Crippen LogP contribution in [0.15, 0.2) is 65.5 Å². The van der Waals surface area contributed by atoms with E-state index in [1.165, 1.54) is 69.2 Å². The van der Waals surface area contributed by atoms with Gasteiger partial charge < -0.3 is 14.8 Å². The Morgan fingerprint density at radius 1 is 0.792 bits per heavy atom. The summed E-state index contributed by atoms with van der Waals surface area (Å²) in [5.41, 5.74) is 0.201. The zero-order chi connectivity index (χ0) is 34.5. The number of H-pyrrole nitrogens is 1. The number of ether oxygens (including phenoxy) is 2. The smallest absolute Gasteiger partial charge is 0.417 e. The average molecular weight is 737 g/mol. The quantitative estimate of drug-likeness (QED) is 0.0734. The van der Waals surface area contributed by atoms with E-state index in [4.69, 9.17) is 55.9 Å². The van der Waals surface area contributed by atoms with Crippen LogP contribution < -0.4 is 20.9 Å². The van der Waals surface area contributed by atoms with Crippen molar-refractivity contribution >= 4 is 75.7 Å². The minimum Gasteiger partial charge on any atom is -0.462 e. The molecule has 4 aromatic rings. The van der Waals surface area contributed by atoms with Gasteiger partial charge in [0.2, 0.25) is 5.75 Å². The van der Waals surface area contributed by atoms with Gasteiger partial charge in [-0.05, 0) is 48.9 Å². The van der Waals surface area contributed by atoms with E-state index in [-0.39, 0.29) is 42.8 Å². The van der Waals surface area contributed by atoms with E-state index >= 15 is 0 Å². The number of carbonyl (C=O) groups is 2. The number of para-hydroxylation sites is 1.